The topological polar surface area (TPSA) is 41.1 Å². The summed E-state index contributed by atoms with van der Waals surface area (Å²) in [6.07, 6.45) is 0. The molecule has 1 aliphatic heterocycles. The molecule has 0 spiro atoms. The first-order valence-corrected chi connectivity index (χ1v) is 6.65. The predicted octanol–water partition coefficient (Wildman–Crippen LogP) is 2.03. The van der Waals surface area contributed by atoms with Crippen LogP contribution in [-0.2, 0) is 4.79 Å². The third kappa shape index (κ3) is 2.91. The highest BCUT2D eigenvalue weighted by atomic mass is 16.1. The molecule has 2 N–H and O–H groups in total. The maximum atomic E-state index is 12.1. The van der Waals surface area contributed by atoms with Gasteiger partial charge in [-0.15, -0.1) is 0 Å². The van der Waals surface area contributed by atoms with Crippen molar-refractivity contribution in [3.8, 4) is 0 Å². The van der Waals surface area contributed by atoms with E-state index >= 15 is 0 Å². The van der Waals surface area contributed by atoms with Gasteiger partial charge in [0.25, 0.3) is 0 Å². The fourth-order valence-corrected chi connectivity index (χ4v) is 2.25. The quantitative estimate of drug-likeness (QED) is 0.853. The van der Waals surface area contributed by atoms with Crippen LogP contribution in [0.5, 0.6) is 0 Å². The summed E-state index contributed by atoms with van der Waals surface area (Å²) in [5.74, 6) is 0.753. The lowest BCUT2D eigenvalue weighted by Crippen LogP contribution is -2.49. The van der Waals surface area contributed by atoms with Crippen molar-refractivity contribution in [3.05, 3.63) is 35.4 Å². The fourth-order valence-electron chi connectivity index (χ4n) is 2.25. The lowest BCUT2D eigenvalue weighted by Gasteiger charge is -2.32. The third-order valence-electron chi connectivity index (χ3n) is 3.83. The molecule has 0 radical (unpaired) electrons. The molecule has 1 fully saturated rings. The maximum Gasteiger partial charge on any atom is 0.223 e. The Balaban J connectivity index is 1.94. The summed E-state index contributed by atoms with van der Waals surface area (Å²) in [6, 6.07) is 8.37. The van der Waals surface area contributed by atoms with Crippen LogP contribution in [0.2, 0.25) is 0 Å². The molecule has 2 rings (SSSR count). The van der Waals surface area contributed by atoms with Crippen molar-refractivity contribution in [2.75, 3.05) is 13.1 Å². The molecule has 18 heavy (non-hydrogen) atoms. The SMILES string of the molecule is Cc1cccc([C@H](C)NC(=O)C(C)C2CNC2)c1. The number of hydrogen-bond acceptors (Lipinski definition) is 2. The van der Waals surface area contributed by atoms with Crippen LogP contribution < -0.4 is 10.6 Å². The van der Waals surface area contributed by atoms with E-state index in [0.717, 1.165) is 13.1 Å². The lowest BCUT2D eigenvalue weighted by molar-refractivity contribution is -0.127. The Morgan fingerprint density at radius 1 is 1.39 bits per heavy atom. The second-order valence-corrected chi connectivity index (χ2v) is 5.35. The second-order valence-electron chi connectivity index (χ2n) is 5.35. The zero-order valence-electron chi connectivity index (χ0n) is 11.4. The van der Waals surface area contributed by atoms with E-state index in [2.05, 4.69) is 35.8 Å². The van der Waals surface area contributed by atoms with E-state index in [1.807, 2.05) is 19.9 Å². The van der Waals surface area contributed by atoms with Crippen molar-refractivity contribution in [2.45, 2.75) is 26.8 Å². The Morgan fingerprint density at radius 3 is 2.67 bits per heavy atom. The van der Waals surface area contributed by atoms with Gasteiger partial charge in [0.05, 0.1) is 6.04 Å². The summed E-state index contributed by atoms with van der Waals surface area (Å²) in [5, 5.41) is 6.32. The zero-order chi connectivity index (χ0) is 13.1. The summed E-state index contributed by atoms with van der Waals surface area (Å²) < 4.78 is 0. The molecule has 3 nitrogen and oxygen atoms in total. The summed E-state index contributed by atoms with van der Waals surface area (Å²) in [4.78, 5) is 12.1. The van der Waals surface area contributed by atoms with E-state index in [-0.39, 0.29) is 17.9 Å². The van der Waals surface area contributed by atoms with E-state index in [1.165, 1.54) is 11.1 Å². The van der Waals surface area contributed by atoms with E-state index in [0.29, 0.717) is 5.92 Å². The largest absolute Gasteiger partial charge is 0.349 e. The minimum atomic E-state index is 0.0767. The number of carbonyl (C=O) groups is 1. The summed E-state index contributed by atoms with van der Waals surface area (Å²) in [5.41, 5.74) is 2.40. The van der Waals surface area contributed by atoms with E-state index in [1.54, 1.807) is 0 Å². The standard InChI is InChI=1S/C15H22N2O/c1-10-5-4-6-13(7-10)12(3)17-15(18)11(2)14-8-16-9-14/h4-7,11-12,14,16H,8-9H2,1-3H3,(H,17,18)/t11?,12-/m0/s1. The smallest absolute Gasteiger partial charge is 0.223 e. The molecule has 1 saturated heterocycles. The Kier molecular flexibility index (Phi) is 4.02. The summed E-state index contributed by atoms with van der Waals surface area (Å²) in [6.45, 7) is 8.06. The van der Waals surface area contributed by atoms with Crippen molar-refractivity contribution < 1.29 is 4.79 Å². The molecule has 1 aromatic carbocycles. The molecule has 1 amide bonds. The first kappa shape index (κ1) is 13.1. The maximum absolute atomic E-state index is 12.1. The lowest BCUT2D eigenvalue weighted by atomic mass is 9.88. The number of rotatable bonds is 4. The number of carbonyl (C=O) groups excluding carboxylic acids is 1. The molecule has 3 heteroatoms. The molecular formula is C15H22N2O. The van der Waals surface area contributed by atoms with Crippen molar-refractivity contribution in [3.63, 3.8) is 0 Å². The van der Waals surface area contributed by atoms with Crippen LogP contribution in [0.1, 0.15) is 31.0 Å². The van der Waals surface area contributed by atoms with Crippen LogP contribution in [0, 0.1) is 18.8 Å². The molecular weight excluding hydrogens is 224 g/mol. The molecule has 0 saturated carbocycles. The average molecular weight is 246 g/mol. The van der Waals surface area contributed by atoms with Gasteiger partial charge in [0.15, 0.2) is 0 Å². The normalized spacial score (nSPS) is 18.8. The van der Waals surface area contributed by atoms with Crippen LogP contribution in [-0.4, -0.2) is 19.0 Å². The van der Waals surface area contributed by atoms with Crippen LogP contribution in [0.15, 0.2) is 24.3 Å². The number of amides is 1. The van der Waals surface area contributed by atoms with Crippen LogP contribution >= 0.6 is 0 Å². The van der Waals surface area contributed by atoms with Crippen LogP contribution in [0.4, 0.5) is 0 Å². The van der Waals surface area contributed by atoms with Gasteiger partial charge in [0, 0.05) is 5.92 Å². The highest BCUT2D eigenvalue weighted by Gasteiger charge is 2.29. The van der Waals surface area contributed by atoms with Crippen LogP contribution in [0.25, 0.3) is 0 Å². The Morgan fingerprint density at radius 2 is 2.11 bits per heavy atom. The number of benzene rings is 1. The molecule has 1 unspecified atom stereocenters. The van der Waals surface area contributed by atoms with Gasteiger partial charge < -0.3 is 10.6 Å². The number of aryl methyl sites for hydroxylation is 1. The van der Waals surface area contributed by atoms with Gasteiger partial charge in [-0.05, 0) is 38.4 Å². The van der Waals surface area contributed by atoms with Crippen molar-refractivity contribution in [2.24, 2.45) is 11.8 Å². The molecule has 0 bridgehead atoms. The van der Waals surface area contributed by atoms with Crippen molar-refractivity contribution in [1.29, 1.82) is 0 Å². The van der Waals surface area contributed by atoms with E-state index in [9.17, 15) is 4.79 Å². The van der Waals surface area contributed by atoms with Gasteiger partial charge in [-0.3, -0.25) is 4.79 Å². The van der Waals surface area contributed by atoms with Crippen molar-refractivity contribution >= 4 is 5.91 Å². The Bertz CT molecular complexity index is 426. The van der Waals surface area contributed by atoms with Gasteiger partial charge in [0.1, 0.15) is 0 Å². The first-order valence-electron chi connectivity index (χ1n) is 6.65. The molecule has 0 aliphatic carbocycles. The first-order chi connectivity index (χ1) is 8.58. The molecule has 0 aromatic heterocycles. The Hall–Kier alpha value is -1.35. The van der Waals surface area contributed by atoms with Gasteiger partial charge in [-0.25, -0.2) is 0 Å². The highest BCUT2D eigenvalue weighted by molar-refractivity contribution is 5.79. The molecule has 1 heterocycles. The minimum absolute atomic E-state index is 0.0767. The minimum Gasteiger partial charge on any atom is -0.349 e. The van der Waals surface area contributed by atoms with Crippen molar-refractivity contribution in [1.82, 2.24) is 10.6 Å². The molecule has 98 valence electrons. The summed E-state index contributed by atoms with van der Waals surface area (Å²) in [7, 11) is 0. The molecule has 2 atom stereocenters. The predicted molar refractivity (Wildman–Crippen MR) is 73.3 cm³/mol. The fraction of sp³-hybridized carbons (Fsp3) is 0.533. The number of nitrogens with one attached hydrogen (secondary N) is 2. The monoisotopic (exact) mass is 246 g/mol. The second kappa shape index (κ2) is 5.53. The summed E-state index contributed by atoms with van der Waals surface area (Å²) >= 11 is 0. The van der Waals surface area contributed by atoms with Gasteiger partial charge in [0.2, 0.25) is 5.91 Å². The third-order valence-corrected chi connectivity index (χ3v) is 3.83. The number of hydrogen-bond donors (Lipinski definition) is 2. The van der Waals surface area contributed by atoms with E-state index in [4.69, 9.17) is 0 Å². The van der Waals surface area contributed by atoms with Crippen LogP contribution in [0.3, 0.4) is 0 Å². The average Bonchev–Trinajstić information content (AvgIpc) is 2.26. The van der Waals surface area contributed by atoms with Gasteiger partial charge in [-0.2, -0.15) is 0 Å². The highest BCUT2D eigenvalue weighted by Crippen LogP contribution is 2.19. The Labute approximate surface area is 109 Å². The molecule has 1 aliphatic rings. The van der Waals surface area contributed by atoms with Gasteiger partial charge in [-0.1, -0.05) is 36.8 Å². The molecule has 1 aromatic rings. The van der Waals surface area contributed by atoms with E-state index < -0.39 is 0 Å². The zero-order valence-corrected chi connectivity index (χ0v) is 11.4. The van der Waals surface area contributed by atoms with Gasteiger partial charge >= 0.3 is 0 Å².